The summed E-state index contributed by atoms with van der Waals surface area (Å²) in [7, 11) is 1.64. The van der Waals surface area contributed by atoms with Crippen LogP contribution in [-0.2, 0) is 16.0 Å². The average Bonchev–Trinajstić information content (AvgIpc) is 2.39. The van der Waals surface area contributed by atoms with E-state index in [9.17, 15) is 4.79 Å². The van der Waals surface area contributed by atoms with Gasteiger partial charge in [0.05, 0.1) is 13.7 Å². The molecule has 0 aliphatic heterocycles. The predicted molar refractivity (Wildman–Crippen MR) is 75.4 cm³/mol. The van der Waals surface area contributed by atoms with E-state index in [0.717, 1.165) is 16.9 Å². The van der Waals surface area contributed by atoms with Gasteiger partial charge >= 0.3 is 5.97 Å². The predicted octanol–water partition coefficient (Wildman–Crippen LogP) is 2.25. The van der Waals surface area contributed by atoms with Crippen molar-refractivity contribution in [2.24, 2.45) is 5.73 Å². The van der Waals surface area contributed by atoms with Crippen molar-refractivity contribution in [1.29, 1.82) is 0 Å². The molecule has 0 bridgehead atoms. The summed E-state index contributed by atoms with van der Waals surface area (Å²) in [6, 6.07) is 5.23. The van der Waals surface area contributed by atoms with E-state index in [-0.39, 0.29) is 5.97 Å². The number of carbonyl (C=O) groups is 1. The molecule has 1 rings (SSSR count). The summed E-state index contributed by atoms with van der Waals surface area (Å²) in [6.07, 6.45) is 0.482. The molecule has 0 amide bonds. The standard InChI is InChI=1S/C15H23NO3/c1-5-19-15(17)14(16)8-11-6-7-12(18-4)9-13(11)10(2)3/h6-7,9-10,14H,5,8,16H2,1-4H3. The summed E-state index contributed by atoms with van der Waals surface area (Å²) in [6.45, 7) is 6.34. The lowest BCUT2D eigenvalue weighted by Crippen LogP contribution is -2.34. The van der Waals surface area contributed by atoms with Crippen molar-refractivity contribution in [3.05, 3.63) is 29.3 Å². The second kappa shape index (κ2) is 7.14. The summed E-state index contributed by atoms with van der Waals surface area (Å²) >= 11 is 0. The van der Waals surface area contributed by atoms with E-state index in [2.05, 4.69) is 13.8 Å². The van der Waals surface area contributed by atoms with Crippen LogP contribution in [0.25, 0.3) is 0 Å². The smallest absolute Gasteiger partial charge is 0.323 e. The maximum Gasteiger partial charge on any atom is 0.323 e. The van der Waals surface area contributed by atoms with Crippen LogP contribution in [0, 0.1) is 0 Å². The number of hydrogen-bond acceptors (Lipinski definition) is 4. The lowest BCUT2D eigenvalue weighted by molar-refractivity contribution is -0.144. The van der Waals surface area contributed by atoms with Gasteiger partial charge in [0.1, 0.15) is 11.8 Å². The van der Waals surface area contributed by atoms with Crippen LogP contribution in [0.4, 0.5) is 0 Å². The van der Waals surface area contributed by atoms with Crippen LogP contribution in [0.3, 0.4) is 0 Å². The van der Waals surface area contributed by atoms with Crippen LogP contribution in [0.15, 0.2) is 18.2 Å². The highest BCUT2D eigenvalue weighted by Crippen LogP contribution is 2.25. The molecule has 1 atom stereocenters. The van der Waals surface area contributed by atoms with Crippen LogP contribution in [-0.4, -0.2) is 25.7 Å². The molecule has 4 nitrogen and oxygen atoms in total. The Morgan fingerprint density at radius 2 is 2.05 bits per heavy atom. The molecule has 0 fully saturated rings. The molecule has 2 N–H and O–H groups in total. The van der Waals surface area contributed by atoms with Crippen molar-refractivity contribution >= 4 is 5.97 Å². The van der Waals surface area contributed by atoms with Gasteiger partial charge in [-0.15, -0.1) is 0 Å². The summed E-state index contributed by atoms with van der Waals surface area (Å²) in [5.74, 6) is 0.810. The normalized spacial score (nSPS) is 12.3. The second-order valence-electron chi connectivity index (χ2n) is 4.78. The number of ether oxygens (including phenoxy) is 2. The maximum atomic E-state index is 11.6. The molecule has 1 unspecified atom stereocenters. The minimum Gasteiger partial charge on any atom is -0.497 e. The number of esters is 1. The van der Waals surface area contributed by atoms with E-state index in [1.807, 2.05) is 18.2 Å². The van der Waals surface area contributed by atoms with Crippen LogP contribution in [0.2, 0.25) is 0 Å². The Balaban J connectivity index is 2.91. The van der Waals surface area contributed by atoms with Gasteiger partial charge in [-0.05, 0) is 42.5 Å². The SMILES string of the molecule is CCOC(=O)C(N)Cc1ccc(OC)cc1C(C)C. The summed E-state index contributed by atoms with van der Waals surface area (Å²) in [5, 5.41) is 0. The third-order valence-corrected chi connectivity index (χ3v) is 3.00. The first kappa shape index (κ1) is 15.5. The maximum absolute atomic E-state index is 11.6. The van der Waals surface area contributed by atoms with Crippen LogP contribution in [0.5, 0.6) is 5.75 Å². The minimum atomic E-state index is -0.620. The molecule has 0 aromatic heterocycles. The molecule has 0 heterocycles. The molecule has 4 heteroatoms. The van der Waals surface area contributed by atoms with Gasteiger partial charge in [0.15, 0.2) is 0 Å². The van der Waals surface area contributed by atoms with E-state index in [4.69, 9.17) is 15.2 Å². The van der Waals surface area contributed by atoms with Crippen molar-refractivity contribution in [1.82, 2.24) is 0 Å². The third-order valence-electron chi connectivity index (χ3n) is 3.00. The van der Waals surface area contributed by atoms with E-state index < -0.39 is 6.04 Å². The lowest BCUT2D eigenvalue weighted by Gasteiger charge is -2.17. The van der Waals surface area contributed by atoms with Crippen LogP contribution >= 0.6 is 0 Å². The second-order valence-corrected chi connectivity index (χ2v) is 4.78. The number of carbonyl (C=O) groups excluding carboxylic acids is 1. The van der Waals surface area contributed by atoms with Crippen molar-refractivity contribution in [2.75, 3.05) is 13.7 Å². The Bertz CT molecular complexity index is 429. The van der Waals surface area contributed by atoms with Gasteiger partial charge in [0, 0.05) is 0 Å². The van der Waals surface area contributed by atoms with Gasteiger partial charge in [0.2, 0.25) is 0 Å². The Hall–Kier alpha value is -1.55. The number of hydrogen-bond donors (Lipinski definition) is 1. The Labute approximate surface area is 114 Å². The molecule has 19 heavy (non-hydrogen) atoms. The van der Waals surface area contributed by atoms with Gasteiger partial charge in [-0.25, -0.2) is 0 Å². The van der Waals surface area contributed by atoms with E-state index in [1.54, 1.807) is 14.0 Å². The van der Waals surface area contributed by atoms with Gasteiger partial charge < -0.3 is 15.2 Å². The molecule has 0 radical (unpaired) electrons. The molecule has 0 aliphatic carbocycles. The Kier molecular flexibility index (Phi) is 5.83. The number of rotatable bonds is 6. The zero-order chi connectivity index (χ0) is 14.4. The van der Waals surface area contributed by atoms with Gasteiger partial charge in [-0.1, -0.05) is 19.9 Å². The molecule has 0 spiro atoms. The minimum absolute atomic E-state index is 0.347. The molecule has 1 aromatic rings. The molecular weight excluding hydrogens is 242 g/mol. The first-order valence-corrected chi connectivity index (χ1v) is 6.58. The van der Waals surface area contributed by atoms with Crippen LogP contribution < -0.4 is 10.5 Å². The summed E-state index contributed by atoms with van der Waals surface area (Å²) in [4.78, 5) is 11.6. The highest BCUT2D eigenvalue weighted by atomic mass is 16.5. The van der Waals surface area contributed by atoms with Crippen molar-refractivity contribution in [3.8, 4) is 5.75 Å². The third kappa shape index (κ3) is 4.24. The average molecular weight is 265 g/mol. The zero-order valence-corrected chi connectivity index (χ0v) is 12.1. The molecule has 0 saturated heterocycles. The number of nitrogens with two attached hydrogens (primary N) is 1. The van der Waals surface area contributed by atoms with Crippen molar-refractivity contribution < 1.29 is 14.3 Å². The van der Waals surface area contributed by atoms with E-state index >= 15 is 0 Å². The first-order valence-electron chi connectivity index (χ1n) is 6.58. The fourth-order valence-electron chi connectivity index (χ4n) is 1.99. The zero-order valence-electron chi connectivity index (χ0n) is 12.1. The number of methoxy groups -OCH3 is 1. The van der Waals surface area contributed by atoms with E-state index in [0.29, 0.717) is 18.9 Å². The topological polar surface area (TPSA) is 61.5 Å². The largest absolute Gasteiger partial charge is 0.497 e. The number of benzene rings is 1. The van der Waals surface area contributed by atoms with Gasteiger partial charge in [0.25, 0.3) is 0 Å². The molecule has 0 saturated carbocycles. The molecular formula is C15H23NO3. The summed E-state index contributed by atoms with van der Waals surface area (Å²) in [5.41, 5.74) is 8.09. The Morgan fingerprint density at radius 3 is 2.58 bits per heavy atom. The quantitative estimate of drug-likeness (QED) is 0.801. The fraction of sp³-hybridized carbons (Fsp3) is 0.533. The monoisotopic (exact) mass is 265 g/mol. The van der Waals surface area contributed by atoms with Crippen molar-refractivity contribution in [3.63, 3.8) is 0 Å². The Morgan fingerprint density at radius 1 is 1.37 bits per heavy atom. The fourth-order valence-corrected chi connectivity index (χ4v) is 1.99. The highest BCUT2D eigenvalue weighted by molar-refractivity contribution is 5.76. The van der Waals surface area contributed by atoms with Crippen molar-refractivity contribution in [2.45, 2.75) is 39.2 Å². The highest BCUT2D eigenvalue weighted by Gasteiger charge is 2.18. The van der Waals surface area contributed by atoms with Crippen LogP contribution in [0.1, 0.15) is 37.8 Å². The lowest BCUT2D eigenvalue weighted by atomic mass is 9.93. The summed E-state index contributed by atoms with van der Waals surface area (Å²) < 4.78 is 10.2. The first-order chi connectivity index (χ1) is 8.99. The molecule has 1 aromatic carbocycles. The van der Waals surface area contributed by atoms with Gasteiger partial charge in [-0.2, -0.15) is 0 Å². The molecule has 106 valence electrons. The molecule has 0 aliphatic rings. The van der Waals surface area contributed by atoms with Gasteiger partial charge in [-0.3, -0.25) is 4.79 Å². The van der Waals surface area contributed by atoms with E-state index in [1.165, 1.54) is 0 Å².